The Morgan fingerprint density at radius 2 is 0.692 bits per heavy atom. The third-order valence-corrected chi connectivity index (χ3v) is 15.1. The average molecular weight is 1100 g/mol. The van der Waals surface area contributed by atoms with Crippen LogP contribution < -0.4 is 0 Å². The minimum Gasteiger partial charge on any atom is -0.477 e. The fraction of sp³-hybridized carbons (Fsp3) is 0.870. The Kier molecular flexibility index (Phi) is 58.7. The van der Waals surface area contributed by atoms with Gasteiger partial charge in [0.15, 0.2) is 6.10 Å². The van der Waals surface area contributed by atoms with Gasteiger partial charge in [0, 0.05) is 12.8 Å². The van der Waals surface area contributed by atoms with Crippen molar-refractivity contribution >= 4 is 17.9 Å². The van der Waals surface area contributed by atoms with Gasteiger partial charge in [-0.2, -0.15) is 0 Å². The summed E-state index contributed by atoms with van der Waals surface area (Å²) >= 11 is 0. The molecule has 0 aromatic heterocycles. The van der Waals surface area contributed by atoms with E-state index < -0.39 is 18.4 Å². The number of carbonyl (C=O) groups excluding carboxylic acids is 2. The summed E-state index contributed by atoms with van der Waals surface area (Å²) in [6.45, 7) is 4.91. The van der Waals surface area contributed by atoms with Gasteiger partial charge < -0.3 is 28.5 Å². The number of quaternary nitrogens is 1. The van der Waals surface area contributed by atoms with Crippen molar-refractivity contribution in [3.63, 3.8) is 0 Å². The second kappa shape index (κ2) is 60.6. The van der Waals surface area contributed by atoms with Crippen molar-refractivity contribution in [1.82, 2.24) is 0 Å². The van der Waals surface area contributed by atoms with E-state index in [4.69, 9.17) is 18.9 Å². The molecule has 0 spiro atoms. The normalized spacial score (nSPS) is 12.9. The summed E-state index contributed by atoms with van der Waals surface area (Å²) in [4.78, 5) is 37.4. The Hall–Kier alpha value is -2.49. The van der Waals surface area contributed by atoms with Gasteiger partial charge in [0.25, 0.3) is 6.29 Å². The summed E-state index contributed by atoms with van der Waals surface area (Å²) in [5.74, 6) is -1.98. The van der Waals surface area contributed by atoms with Crippen LogP contribution in [0.5, 0.6) is 0 Å². The Labute approximate surface area is 483 Å². The van der Waals surface area contributed by atoms with Crippen molar-refractivity contribution in [2.45, 2.75) is 341 Å². The van der Waals surface area contributed by atoms with Crippen LogP contribution in [-0.2, 0) is 33.3 Å². The van der Waals surface area contributed by atoms with Gasteiger partial charge in [-0.05, 0) is 51.4 Å². The number of hydrogen-bond donors (Lipinski definition) is 1. The number of allylic oxidation sites excluding steroid dienone is 6. The van der Waals surface area contributed by atoms with Crippen molar-refractivity contribution in [2.75, 3.05) is 47.5 Å². The molecule has 9 heteroatoms. The van der Waals surface area contributed by atoms with Gasteiger partial charge in [0.05, 0.1) is 34.4 Å². The highest BCUT2D eigenvalue weighted by Crippen LogP contribution is 2.18. The average Bonchev–Trinajstić information content (AvgIpc) is 3.41. The summed E-state index contributed by atoms with van der Waals surface area (Å²) in [5, 5.41) is 9.71. The Balaban J connectivity index is 3.93. The molecule has 0 saturated carbocycles. The van der Waals surface area contributed by atoms with Crippen LogP contribution in [0.4, 0.5) is 0 Å². The molecule has 0 aliphatic heterocycles. The number of hydrogen-bond acceptors (Lipinski definition) is 7. The molecule has 0 fully saturated rings. The van der Waals surface area contributed by atoms with Crippen LogP contribution in [0.15, 0.2) is 36.5 Å². The molecule has 2 atom stereocenters. The van der Waals surface area contributed by atoms with Crippen LogP contribution in [0, 0.1) is 0 Å². The first kappa shape index (κ1) is 75.5. The molecule has 1 N–H and O–H groups in total. The second-order valence-electron chi connectivity index (χ2n) is 24.1. The number of ether oxygens (including phenoxy) is 4. The fourth-order valence-corrected chi connectivity index (χ4v) is 9.97. The topological polar surface area (TPSA) is 108 Å². The number of carboxylic acids is 1. The van der Waals surface area contributed by atoms with Gasteiger partial charge in [-0.3, -0.25) is 9.59 Å². The highest BCUT2D eigenvalue weighted by Gasteiger charge is 2.25. The maximum atomic E-state index is 12.9. The van der Waals surface area contributed by atoms with Gasteiger partial charge in [0.2, 0.25) is 0 Å². The molecule has 0 aliphatic rings. The lowest BCUT2D eigenvalue weighted by Crippen LogP contribution is -2.40. The van der Waals surface area contributed by atoms with E-state index in [1.54, 1.807) is 0 Å². The number of aliphatic carboxylic acids is 1. The maximum Gasteiger partial charge on any atom is 0.361 e. The molecular weight excluding hydrogens is 971 g/mol. The lowest BCUT2D eigenvalue weighted by Gasteiger charge is -2.25. The molecule has 0 heterocycles. The number of unbranched alkanes of at least 4 members (excludes halogenated alkanes) is 42. The second-order valence-corrected chi connectivity index (χ2v) is 24.1. The van der Waals surface area contributed by atoms with E-state index in [0.29, 0.717) is 17.4 Å². The number of esters is 2. The number of likely N-dealkylation sites (N-methyl/N-ethyl adjacent to an activating group) is 1. The van der Waals surface area contributed by atoms with Gasteiger partial charge in [0.1, 0.15) is 13.2 Å². The van der Waals surface area contributed by atoms with Gasteiger partial charge in [-0.25, -0.2) is 4.79 Å². The molecule has 2 unspecified atom stereocenters. The molecule has 0 aliphatic carbocycles. The van der Waals surface area contributed by atoms with E-state index in [9.17, 15) is 19.5 Å². The number of rotatable bonds is 63. The molecule has 0 aromatic rings. The van der Waals surface area contributed by atoms with Crippen LogP contribution in [0.3, 0.4) is 0 Å². The van der Waals surface area contributed by atoms with Crippen molar-refractivity contribution in [3.05, 3.63) is 36.5 Å². The number of carboxylic acid groups (broad SMARTS) is 1. The van der Waals surface area contributed by atoms with Crippen LogP contribution in [-0.4, -0.2) is 87.4 Å². The van der Waals surface area contributed by atoms with E-state index in [1.165, 1.54) is 250 Å². The van der Waals surface area contributed by atoms with Crippen molar-refractivity contribution < 1.29 is 42.9 Å². The molecule has 9 nitrogen and oxygen atoms in total. The lowest BCUT2D eigenvalue weighted by atomic mass is 10.0. The first-order valence-corrected chi connectivity index (χ1v) is 33.7. The van der Waals surface area contributed by atoms with Crippen molar-refractivity contribution in [3.8, 4) is 0 Å². The van der Waals surface area contributed by atoms with E-state index in [1.807, 2.05) is 21.1 Å². The van der Waals surface area contributed by atoms with Crippen molar-refractivity contribution in [1.29, 1.82) is 0 Å². The predicted octanol–water partition coefficient (Wildman–Crippen LogP) is 20.4. The molecule has 0 aromatic carbocycles. The Morgan fingerprint density at radius 3 is 1.03 bits per heavy atom. The van der Waals surface area contributed by atoms with E-state index >= 15 is 0 Å². The lowest BCUT2D eigenvalue weighted by molar-refractivity contribution is -0.870. The molecule has 0 rings (SSSR count). The predicted molar refractivity (Wildman–Crippen MR) is 332 cm³/mol. The van der Waals surface area contributed by atoms with Gasteiger partial charge in [-0.1, -0.05) is 301 Å². The zero-order chi connectivity index (χ0) is 56.9. The van der Waals surface area contributed by atoms with E-state index in [0.717, 1.165) is 51.4 Å². The van der Waals surface area contributed by atoms with Crippen molar-refractivity contribution in [2.24, 2.45) is 0 Å². The van der Waals surface area contributed by atoms with Crippen LogP contribution in [0.2, 0.25) is 0 Å². The summed E-state index contributed by atoms with van der Waals surface area (Å²) in [7, 11) is 5.98. The van der Waals surface area contributed by atoms with Gasteiger partial charge in [-0.15, -0.1) is 0 Å². The quantitative estimate of drug-likeness (QED) is 0.0211. The Morgan fingerprint density at radius 1 is 0.385 bits per heavy atom. The summed E-state index contributed by atoms with van der Waals surface area (Å²) in [6.07, 6.45) is 72.7. The molecule has 0 bridgehead atoms. The standard InChI is InChI=1S/C69H129NO8/c1-6-8-10-12-14-16-18-20-22-23-24-25-26-27-28-29-30-31-32-33-34-35-36-37-38-39-40-41-42-43-44-45-46-48-50-52-54-56-58-60-67(72)78-65(64-77-69(68(73)74)75-62-61-70(3,4)5)63-76-66(71)59-57-55-53-51-49-47-21-19-17-15-13-11-9-7-2/h18,20,23-24,26-27,65,69H,6-17,19,21-22,25,28-64H2,1-5H3/p+1/b20-18-,24-23-,27-26-. The first-order chi connectivity index (χ1) is 38.1. The molecular formula is C69H130NO8+. The molecule has 0 amide bonds. The smallest absolute Gasteiger partial charge is 0.361 e. The molecule has 78 heavy (non-hydrogen) atoms. The number of nitrogens with zero attached hydrogens (tertiary/aromatic N) is 1. The zero-order valence-corrected chi connectivity index (χ0v) is 52.3. The van der Waals surface area contributed by atoms with Crippen LogP contribution in [0.1, 0.15) is 328 Å². The monoisotopic (exact) mass is 1100 g/mol. The summed E-state index contributed by atoms with van der Waals surface area (Å²) in [6, 6.07) is 0. The van der Waals surface area contributed by atoms with Gasteiger partial charge >= 0.3 is 17.9 Å². The SMILES string of the molecule is CCCCCCC/C=C\C/C=C\C/C=C\CCCCCCCCCCCCCCCCCCCCCCCCCCC(=O)OC(COC(=O)CCCCCCCCCCCCCCCC)COC(OCC[N+](C)(C)C)C(=O)O. The Bertz CT molecular complexity index is 1370. The molecule has 0 saturated heterocycles. The van der Waals surface area contributed by atoms with Crippen LogP contribution >= 0.6 is 0 Å². The highest BCUT2D eigenvalue weighted by molar-refractivity contribution is 5.71. The maximum absolute atomic E-state index is 12.9. The minimum absolute atomic E-state index is 0.175. The molecule has 458 valence electrons. The summed E-state index contributed by atoms with van der Waals surface area (Å²) < 4.78 is 22.9. The third-order valence-electron chi connectivity index (χ3n) is 15.1. The highest BCUT2D eigenvalue weighted by atomic mass is 16.7. The zero-order valence-electron chi connectivity index (χ0n) is 52.3. The third kappa shape index (κ3) is 61.1. The fourth-order valence-electron chi connectivity index (χ4n) is 9.97. The number of carbonyl (C=O) groups is 3. The largest absolute Gasteiger partial charge is 0.477 e. The first-order valence-electron chi connectivity index (χ1n) is 33.7. The minimum atomic E-state index is -1.51. The van der Waals surface area contributed by atoms with Crippen LogP contribution in [0.25, 0.3) is 0 Å². The van der Waals surface area contributed by atoms with E-state index in [2.05, 4.69) is 50.3 Å². The molecule has 0 radical (unpaired) electrons. The summed E-state index contributed by atoms with van der Waals surface area (Å²) in [5.41, 5.74) is 0. The van der Waals surface area contributed by atoms with E-state index in [-0.39, 0.29) is 38.2 Å².